The van der Waals surface area contributed by atoms with Crippen molar-refractivity contribution in [2.75, 3.05) is 37.7 Å². The van der Waals surface area contributed by atoms with Crippen molar-refractivity contribution >= 4 is 5.82 Å². The Balaban J connectivity index is 1.37. The van der Waals surface area contributed by atoms with Gasteiger partial charge >= 0.3 is 0 Å². The molecular formula is C17H25N3O. The maximum absolute atomic E-state index is 6.30. The number of aromatic nitrogens is 1. The van der Waals surface area contributed by atoms with E-state index in [0.717, 1.165) is 38.4 Å². The molecule has 1 aromatic heterocycles. The molecule has 4 heteroatoms. The highest BCUT2D eigenvalue weighted by molar-refractivity contribution is 5.38. The number of ether oxygens (including phenoxy) is 1. The van der Waals surface area contributed by atoms with Crippen molar-refractivity contribution in [3.63, 3.8) is 0 Å². The Morgan fingerprint density at radius 2 is 1.90 bits per heavy atom. The molecule has 4 nitrogen and oxygen atoms in total. The van der Waals surface area contributed by atoms with E-state index in [1.54, 1.807) is 0 Å². The minimum atomic E-state index is 0.151. The van der Waals surface area contributed by atoms with Gasteiger partial charge in [0.15, 0.2) is 0 Å². The average molecular weight is 287 g/mol. The van der Waals surface area contributed by atoms with Crippen LogP contribution in [0.25, 0.3) is 0 Å². The third-order valence-corrected chi connectivity index (χ3v) is 5.49. The van der Waals surface area contributed by atoms with Gasteiger partial charge in [-0.3, -0.25) is 4.90 Å². The van der Waals surface area contributed by atoms with Crippen molar-refractivity contribution in [1.29, 1.82) is 0 Å². The van der Waals surface area contributed by atoms with Crippen molar-refractivity contribution in [3.8, 4) is 0 Å². The molecular weight excluding hydrogens is 262 g/mol. The van der Waals surface area contributed by atoms with Gasteiger partial charge < -0.3 is 9.64 Å². The van der Waals surface area contributed by atoms with Crippen LogP contribution >= 0.6 is 0 Å². The van der Waals surface area contributed by atoms with Gasteiger partial charge in [0.25, 0.3) is 0 Å². The van der Waals surface area contributed by atoms with Gasteiger partial charge in [-0.1, -0.05) is 6.07 Å². The van der Waals surface area contributed by atoms with Gasteiger partial charge in [-0.15, -0.1) is 0 Å². The van der Waals surface area contributed by atoms with Crippen LogP contribution in [0.4, 0.5) is 5.82 Å². The van der Waals surface area contributed by atoms with Crippen molar-refractivity contribution in [2.24, 2.45) is 0 Å². The molecule has 0 bridgehead atoms. The average Bonchev–Trinajstić information content (AvgIpc) is 3.19. The summed E-state index contributed by atoms with van der Waals surface area (Å²) >= 11 is 0. The first-order valence-electron chi connectivity index (χ1n) is 8.39. The number of nitrogens with zero attached hydrogens (tertiary/aromatic N) is 3. The van der Waals surface area contributed by atoms with Gasteiger partial charge in [-0.25, -0.2) is 4.98 Å². The van der Waals surface area contributed by atoms with E-state index < -0.39 is 0 Å². The van der Waals surface area contributed by atoms with Gasteiger partial charge in [0.2, 0.25) is 0 Å². The third kappa shape index (κ3) is 2.67. The number of anilines is 1. The van der Waals surface area contributed by atoms with Gasteiger partial charge in [0, 0.05) is 25.3 Å². The molecule has 0 amide bonds. The smallest absolute Gasteiger partial charge is 0.128 e. The molecule has 1 aromatic rings. The van der Waals surface area contributed by atoms with Crippen LogP contribution in [-0.4, -0.2) is 54.3 Å². The molecule has 1 unspecified atom stereocenters. The van der Waals surface area contributed by atoms with Gasteiger partial charge in [0.05, 0.1) is 12.2 Å². The zero-order valence-corrected chi connectivity index (χ0v) is 12.7. The fraction of sp³-hybridized carbons (Fsp3) is 0.706. The monoisotopic (exact) mass is 287 g/mol. The number of hydrogen-bond donors (Lipinski definition) is 0. The second-order valence-electron chi connectivity index (χ2n) is 6.77. The normalized spacial score (nSPS) is 29.3. The SMILES string of the molecule is c1ccc(N2CCC3(CC2)CC(N2CCCC2)CO3)nc1. The number of likely N-dealkylation sites (tertiary alicyclic amines) is 1. The number of rotatable bonds is 2. The van der Waals surface area contributed by atoms with E-state index >= 15 is 0 Å². The molecule has 3 aliphatic rings. The first-order valence-corrected chi connectivity index (χ1v) is 8.39. The van der Waals surface area contributed by atoms with Crippen molar-refractivity contribution in [2.45, 2.75) is 43.7 Å². The summed E-state index contributed by atoms with van der Waals surface area (Å²) in [7, 11) is 0. The molecule has 3 saturated heterocycles. The maximum Gasteiger partial charge on any atom is 0.128 e. The molecule has 1 atom stereocenters. The minimum Gasteiger partial charge on any atom is -0.373 e. The second-order valence-corrected chi connectivity index (χ2v) is 6.77. The zero-order chi connectivity index (χ0) is 14.1. The van der Waals surface area contributed by atoms with Crippen molar-refractivity contribution in [1.82, 2.24) is 9.88 Å². The molecule has 114 valence electrons. The van der Waals surface area contributed by atoms with Crippen LogP contribution in [0, 0.1) is 0 Å². The summed E-state index contributed by atoms with van der Waals surface area (Å²) < 4.78 is 6.30. The molecule has 21 heavy (non-hydrogen) atoms. The lowest BCUT2D eigenvalue weighted by Gasteiger charge is -2.39. The summed E-state index contributed by atoms with van der Waals surface area (Å²) in [6.07, 6.45) is 8.16. The number of pyridine rings is 1. The Morgan fingerprint density at radius 3 is 2.62 bits per heavy atom. The molecule has 4 heterocycles. The van der Waals surface area contributed by atoms with Crippen LogP contribution in [-0.2, 0) is 4.74 Å². The largest absolute Gasteiger partial charge is 0.373 e. The predicted octanol–water partition coefficient (Wildman–Crippen LogP) is 2.31. The predicted molar refractivity (Wildman–Crippen MR) is 83.6 cm³/mol. The van der Waals surface area contributed by atoms with Crippen LogP contribution in [0.5, 0.6) is 0 Å². The van der Waals surface area contributed by atoms with E-state index in [-0.39, 0.29) is 5.60 Å². The molecule has 3 fully saturated rings. The quantitative estimate of drug-likeness (QED) is 0.834. The van der Waals surface area contributed by atoms with Crippen LogP contribution < -0.4 is 4.90 Å². The topological polar surface area (TPSA) is 28.6 Å². The Kier molecular flexibility index (Phi) is 3.59. The number of piperidine rings is 1. The number of hydrogen-bond acceptors (Lipinski definition) is 4. The lowest BCUT2D eigenvalue weighted by Crippen LogP contribution is -2.45. The fourth-order valence-electron chi connectivity index (χ4n) is 4.19. The van der Waals surface area contributed by atoms with E-state index in [1.165, 1.54) is 32.4 Å². The Hall–Kier alpha value is -1.13. The minimum absolute atomic E-state index is 0.151. The van der Waals surface area contributed by atoms with E-state index in [4.69, 9.17) is 4.74 Å². The first-order chi connectivity index (χ1) is 10.3. The van der Waals surface area contributed by atoms with Gasteiger partial charge in [0.1, 0.15) is 5.82 Å². The van der Waals surface area contributed by atoms with E-state index in [0.29, 0.717) is 6.04 Å². The molecule has 0 aliphatic carbocycles. The van der Waals surface area contributed by atoms with Crippen LogP contribution in [0.3, 0.4) is 0 Å². The van der Waals surface area contributed by atoms with E-state index in [9.17, 15) is 0 Å². The molecule has 1 spiro atoms. The third-order valence-electron chi connectivity index (χ3n) is 5.49. The van der Waals surface area contributed by atoms with E-state index in [1.807, 2.05) is 12.3 Å². The molecule has 0 N–H and O–H groups in total. The molecule has 0 saturated carbocycles. The Morgan fingerprint density at radius 1 is 1.10 bits per heavy atom. The standard InChI is InChI=1S/C17H25N3O/c1-2-8-18-16(5-1)20-11-6-17(7-12-20)13-15(14-21-17)19-9-3-4-10-19/h1-2,5,8,15H,3-4,6-7,9-14H2. The summed E-state index contributed by atoms with van der Waals surface area (Å²) in [6, 6.07) is 6.84. The summed E-state index contributed by atoms with van der Waals surface area (Å²) in [6.45, 7) is 5.66. The van der Waals surface area contributed by atoms with Gasteiger partial charge in [-0.05, 0) is 57.3 Å². The zero-order valence-electron chi connectivity index (χ0n) is 12.7. The van der Waals surface area contributed by atoms with Crippen LogP contribution in [0.1, 0.15) is 32.1 Å². The van der Waals surface area contributed by atoms with Crippen molar-refractivity contribution in [3.05, 3.63) is 24.4 Å². The fourth-order valence-corrected chi connectivity index (χ4v) is 4.19. The molecule has 4 rings (SSSR count). The van der Waals surface area contributed by atoms with Crippen molar-refractivity contribution < 1.29 is 4.74 Å². The summed E-state index contributed by atoms with van der Waals surface area (Å²) in [4.78, 5) is 9.53. The lowest BCUT2D eigenvalue weighted by atomic mass is 9.87. The van der Waals surface area contributed by atoms with Crippen LogP contribution in [0.15, 0.2) is 24.4 Å². The first kappa shape index (κ1) is 13.5. The molecule has 0 aromatic carbocycles. The highest BCUT2D eigenvalue weighted by Crippen LogP contribution is 2.39. The van der Waals surface area contributed by atoms with E-state index in [2.05, 4.69) is 26.9 Å². The maximum atomic E-state index is 6.30. The summed E-state index contributed by atoms with van der Waals surface area (Å²) in [5.41, 5.74) is 0.151. The van der Waals surface area contributed by atoms with Crippen LogP contribution in [0.2, 0.25) is 0 Å². The highest BCUT2D eigenvalue weighted by Gasteiger charge is 2.44. The summed E-state index contributed by atoms with van der Waals surface area (Å²) in [5.74, 6) is 1.11. The molecule has 0 radical (unpaired) electrons. The highest BCUT2D eigenvalue weighted by atomic mass is 16.5. The summed E-state index contributed by atoms with van der Waals surface area (Å²) in [5, 5.41) is 0. The Labute approximate surface area is 127 Å². The second kappa shape index (κ2) is 5.58. The lowest BCUT2D eigenvalue weighted by molar-refractivity contribution is -0.0158. The Bertz CT molecular complexity index is 464. The molecule has 3 aliphatic heterocycles. The van der Waals surface area contributed by atoms with Gasteiger partial charge in [-0.2, -0.15) is 0 Å².